The van der Waals surface area contributed by atoms with Crippen LogP contribution in [0, 0.1) is 6.92 Å². The van der Waals surface area contributed by atoms with Crippen LogP contribution in [0.1, 0.15) is 20.8 Å². The van der Waals surface area contributed by atoms with Crippen LogP contribution >= 0.6 is 22.9 Å². The molecular formula is C27H22ClN5O2S. The van der Waals surface area contributed by atoms with Crippen LogP contribution in [-0.4, -0.2) is 28.0 Å². The molecule has 1 amide bonds. The first-order valence-corrected chi connectivity index (χ1v) is 12.4. The third kappa shape index (κ3) is 4.86. The largest absolute Gasteiger partial charge is 0.495 e. The highest BCUT2D eigenvalue weighted by atomic mass is 35.5. The number of amides is 1. The van der Waals surface area contributed by atoms with E-state index in [1.165, 1.54) is 11.3 Å². The summed E-state index contributed by atoms with van der Waals surface area (Å²) in [5.74, 6) is 1.60. The monoisotopic (exact) mass is 515 g/mol. The van der Waals surface area contributed by atoms with Gasteiger partial charge in [-0.05, 0) is 54.4 Å². The average Bonchev–Trinajstić information content (AvgIpc) is 3.25. The van der Waals surface area contributed by atoms with E-state index in [1.54, 1.807) is 19.5 Å². The lowest BCUT2D eigenvalue weighted by atomic mass is 10.1. The number of methoxy groups -OCH3 is 1. The van der Waals surface area contributed by atoms with Gasteiger partial charge in [-0.15, -0.1) is 11.3 Å². The first-order chi connectivity index (χ1) is 17.5. The van der Waals surface area contributed by atoms with Gasteiger partial charge in [0, 0.05) is 30.2 Å². The number of fused-ring (bicyclic) bond motifs is 1. The number of hydrogen-bond donors (Lipinski definition) is 2. The van der Waals surface area contributed by atoms with Crippen molar-refractivity contribution in [3.63, 3.8) is 0 Å². The number of aromatic nitrogens is 3. The number of rotatable bonds is 7. The van der Waals surface area contributed by atoms with Crippen LogP contribution in [0.25, 0.3) is 21.6 Å². The molecule has 5 aromatic rings. The van der Waals surface area contributed by atoms with Crippen LogP contribution in [0.5, 0.6) is 5.75 Å². The maximum Gasteiger partial charge on any atom is 0.266 e. The van der Waals surface area contributed by atoms with Crippen molar-refractivity contribution >= 4 is 50.6 Å². The Hall–Kier alpha value is -4.01. The Labute approximate surface area is 217 Å². The van der Waals surface area contributed by atoms with Gasteiger partial charge < -0.3 is 15.4 Å². The third-order valence-electron chi connectivity index (χ3n) is 5.62. The number of hydrogen-bond acceptors (Lipinski definition) is 7. The summed E-state index contributed by atoms with van der Waals surface area (Å²) in [4.78, 5) is 28.2. The molecule has 3 aromatic heterocycles. The summed E-state index contributed by atoms with van der Waals surface area (Å²) in [7, 11) is 1.58. The van der Waals surface area contributed by atoms with E-state index in [4.69, 9.17) is 26.3 Å². The minimum Gasteiger partial charge on any atom is -0.495 e. The van der Waals surface area contributed by atoms with Crippen molar-refractivity contribution in [2.75, 3.05) is 17.7 Å². The number of nitrogens with zero attached hydrogens (tertiary/aromatic N) is 3. The van der Waals surface area contributed by atoms with Crippen molar-refractivity contribution in [2.24, 2.45) is 0 Å². The second kappa shape index (κ2) is 10.3. The molecule has 0 atom stereocenters. The summed E-state index contributed by atoms with van der Waals surface area (Å²) in [6.45, 7) is 2.39. The summed E-state index contributed by atoms with van der Waals surface area (Å²) < 4.78 is 5.25. The number of carbonyl (C=O) groups is 1. The Balaban J connectivity index is 1.54. The molecule has 2 N–H and O–H groups in total. The van der Waals surface area contributed by atoms with Crippen LogP contribution in [0.4, 0.5) is 11.5 Å². The Morgan fingerprint density at radius 3 is 2.64 bits per heavy atom. The van der Waals surface area contributed by atoms with Crippen molar-refractivity contribution in [1.82, 2.24) is 15.0 Å². The fourth-order valence-electron chi connectivity index (χ4n) is 3.82. The highest BCUT2D eigenvalue weighted by molar-refractivity contribution is 7.20. The number of nitrogens with one attached hydrogen (secondary N) is 2. The molecule has 0 saturated heterocycles. The summed E-state index contributed by atoms with van der Waals surface area (Å²) in [6.07, 6.45) is 3.42. The molecule has 0 bridgehead atoms. The number of carbonyl (C=O) groups excluding carboxylic acids is 1. The van der Waals surface area contributed by atoms with Crippen LogP contribution in [0.15, 0.2) is 73.1 Å². The quantitative estimate of drug-likeness (QED) is 0.254. The molecule has 180 valence electrons. The van der Waals surface area contributed by atoms with Crippen molar-refractivity contribution in [3.05, 3.63) is 94.1 Å². The molecule has 0 aliphatic carbocycles. The van der Waals surface area contributed by atoms with Crippen molar-refractivity contribution in [3.8, 4) is 17.1 Å². The number of thiophene rings is 1. The van der Waals surface area contributed by atoms with Gasteiger partial charge in [-0.1, -0.05) is 35.9 Å². The molecule has 36 heavy (non-hydrogen) atoms. The van der Waals surface area contributed by atoms with Gasteiger partial charge in [-0.25, -0.2) is 9.97 Å². The first kappa shape index (κ1) is 23.7. The van der Waals surface area contributed by atoms with Gasteiger partial charge in [-0.2, -0.15) is 0 Å². The number of aryl methyl sites for hydroxylation is 1. The number of halogens is 1. The molecule has 0 fully saturated rings. The van der Waals surface area contributed by atoms with E-state index >= 15 is 0 Å². The molecule has 0 radical (unpaired) electrons. The molecule has 3 heterocycles. The molecule has 5 rings (SSSR count). The van der Waals surface area contributed by atoms with Crippen LogP contribution in [0.3, 0.4) is 0 Å². The maximum absolute atomic E-state index is 13.1. The zero-order chi connectivity index (χ0) is 25.1. The van der Waals surface area contributed by atoms with Gasteiger partial charge in [-0.3, -0.25) is 9.78 Å². The molecular weight excluding hydrogens is 494 g/mol. The first-order valence-electron chi connectivity index (χ1n) is 11.2. The van der Waals surface area contributed by atoms with E-state index < -0.39 is 0 Å². The van der Waals surface area contributed by atoms with Crippen LogP contribution in [-0.2, 0) is 6.54 Å². The number of pyridine rings is 1. The fraction of sp³-hybridized carbons (Fsp3) is 0.111. The van der Waals surface area contributed by atoms with Crippen molar-refractivity contribution < 1.29 is 9.53 Å². The average molecular weight is 516 g/mol. The Kier molecular flexibility index (Phi) is 6.79. The van der Waals surface area contributed by atoms with Gasteiger partial charge >= 0.3 is 0 Å². The zero-order valence-corrected chi connectivity index (χ0v) is 21.2. The summed E-state index contributed by atoms with van der Waals surface area (Å²) in [6, 6.07) is 18.8. The van der Waals surface area contributed by atoms with Gasteiger partial charge in [0.25, 0.3) is 5.91 Å². The lowest BCUT2D eigenvalue weighted by Gasteiger charge is -2.11. The van der Waals surface area contributed by atoms with E-state index in [1.807, 2.05) is 67.6 Å². The molecule has 7 nitrogen and oxygen atoms in total. The Morgan fingerprint density at radius 1 is 1.08 bits per heavy atom. The fourth-order valence-corrected chi connectivity index (χ4v) is 5.18. The predicted octanol–water partition coefficient (Wildman–Crippen LogP) is 6.59. The molecule has 2 aromatic carbocycles. The van der Waals surface area contributed by atoms with Gasteiger partial charge in [0.2, 0.25) is 0 Å². The van der Waals surface area contributed by atoms with E-state index in [2.05, 4.69) is 15.6 Å². The molecule has 0 saturated carbocycles. The van der Waals surface area contributed by atoms with Crippen LogP contribution < -0.4 is 15.4 Å². The van der Waals surface area contributed by atoms with Gasteiger partial charge in [0.1, 0.15) is 16.4 Å². The van der Waals surface area contributed by atoms with Gasteiger partial charge in [0.05, 0.1) is 22.4 Å². The minimum absolute atomic E-state index is 0.183. The maximum atomic E-state index is 13.1. The molecule has 0 aliphatic rings. The highest BCUT2D eigenvalue weighted by Crippen LogP contribution is 2.36. The van der Waals surface area contributed by atoms with Crippen molar-refractivity contribution in [1.29, 1.82) is 0 Å². The van der Waals surface area contributed by atoms with E-state index in [0.717, 1.165) is 32.6 Å². The topological polar surface area (TPSA) is 89.0 Å². The van der Waals surface area contributed by atoms with Gasteiger partial charge in [0.15, 0.2) is 5.82 Å². The predicted molar refractivity (Wildman–Crippen MR) is 145 cm³/mol. The Morgan fingerprint density at radius 2 is 1.92 bits per heavy atom. The minimum atomic E-state index is -0.183. The molecule has 0 unspecified atom stereocenters. The number of anilines is 2. The molecule has 0 aliphatic heterocycles. The zero-order valence-electron chi connectivity index (χ0n) is 19.6. The number of ether oxygens (including phenoxy) is 1. The smallest absolute Gasteiger partial charge is 0.266 e. The lowest BCUT2D eigenvalue weighted by Crippen LogP contribution is -2.11. The number of benzene rings is 2. The summed E-state index contributed by atoms with van der Waals surface area (Å²) in [5.41, 5.74) is 3.30. The van der Waals surface area contributed by atoms with E-state index in [9.17, 15) is 4.79 Å². The number of para-hydroxylation sites is 1. The molecule has 0 spiro atoms. The summed E-state index contributed by atoms with van der Waals surface area (Å²) >= 11 is 7.66. The van der Waals surface area contributed by atoms with E-state index in [0.29, 0.717) is 33.8 Å². The SMILES string of the molecule is COc1ccc(CNc2nc(-c3cccnc3)nc3sc(C(=O)Nc4ccccc4)c(C)c23)cc1Cl. The standard InChI is InChI=1S/C27H22ClN5O2S/c1-16-22-25(30-14-17-10-11-21(35-2)20(28)13-17)32-24(18-7-6-12-29-15-18)33-27(22)36-23(16)26(34)31-19-8-4-3-5-9-19/h3-13,15H,14H2,1-2H3,(H,31,34)(H,30,32,33). The third-order valence-corrected chi connectivity index (χ3v) is 7.10. The summed E-state index contributed by atoms with van der Waals surface area (Å²) in [5, 5.41) is 7.74. The second-order valence-electron chi connectivity index (χ2n) is 8.02. The normalized spacial score (nSPS) is 10.9. The molecule has 9 heteroatoms. The Bertz CT molecular complexity index is 1540. The van der Waals surface area contributed by atoms with E-state index in [-0.39, 0.29) is 5.91 Å². The van der Waals surface area contributed by atoms with Crippen LogP contribution in [0.2, 0.25) is 5.02 Å². The van der Waals surface area contributed by atoms with Crippen molar-refractivity contribution in [2.45, 2.75) is 13.5 Å². The lowest BCUT2D eigenvalue weighted by molar-refractivity contribution is 0.103. The second-order valence-corrected chi connectivity index (χ2v) is 9.42. The highest BCUT2D eigenvalue weighted by Gasteiger charge is 2.21.